The number of carbonyl (C=O) groups excluding carboxylic acids is 1. The quantitative estimate of drug-likeness (QED) is 0.513. The highest BCUT2D eigenvalue weighted by molar-refractivity contribution is 7.10. The fraction of sp³-hybridized carbons (Fsp3) is 0.208. The van der Waals surface area contributed by atoms with E-state index in [-0.39, 0.29) is 6.61 Å². The molecule has 1 fully saturated rings. The van der Waals surface area contributed by atoms with Crippen LogP contribution in [-0.2, 0) is 5.41 Å². The molecule has 1 heterocycles. The molecule has 1 unspecified atom stereocenters. The zero-order valence-corrected chi connectivity index (χ0v) is 17.4. The summed E-state index contributed by atoms with van der Waals surface area (Å²) < 4.78 is 0. The third kappa shape index (κ3) is 4.29. The molecular formula is C24H20N4O2S. The predicted octanol–water partition coefficient (Wildman–Crippen LogP) is 4.20. The van der Waals surface area contributed by atoms with Crippen LogP contribution in [0.5, 0.6) is 0 Å². The van der Waals surface area contributed by atoms with Gasteiger partial charge < -0.3 is 10.4 Å². The number of anilines is 1. The van der Waals surface area contributed by atoms with Crippen molar-refractivity contribution in [3.63, 3.8) is 0 Å². The van der Waals surface area contributed by atoms with Crippen molar-refractivity contribution >= 4 is 23.2 Å². The number of terminal acetylenes is 1. The molecular weight excluding hydrogens is 408 g/mol. The van der Waals surface area contributed by atoms with E-state index in [9.17, 15) is 15.2 Å². The number of benzene rings is 2. The van der Waals surface area contributed by atoms with Crippen LogP contribution >= 0.6 is 11.3 Å². The zero-order valence-electron chi connectivity index (χ0n) is 16.6. The number of rotatable bonds is 6. The van der Waals surface area contributed by atoms with Gasteiger partial charge in [-0.2, -0.15) is 5.26 Å². The second-order valence-electron chi connectivity index (χ2n) is 7.38. The van der Waals surface area contributed by atoms with Gasteiger partial charge in [0.05, 0.1) is 24.1 Å². The molecule has 3 N–H and O–H groups in total. The van der Waals surface area contributed by atoms with E-state index in [1.807, 2.05) is 48.5 Å². The molecule has 2 amide bonds. The van der Waals surface area contributed by atoms with E-state index in [0.717, 1.165) is 35.1 Å². The number of aromatic nitrogens is 1. The number of nitriles is 1. The first-order valence-corrected chi connectivity index (χ1v) is 10.7. The van der Waals surface area contributed by atoms with E-state index >= 15 is 0 Å². The molecule has 1 atom stereocenters. The first-order valence-electron chi connectivity index (χ1n) is 9.80. The van der Waals surface area contributed by atoms with Crippen molar-refractivity contribution in [3.05, 3.63) is 70.0 Å². The zero-order chi connectivity index (χ0) is 21.8. The highest BCUT2D eigenvalue weighted by Crippen LogP contribution is 2.51. The lowest BCUT2D eigenvalue weighted by molar-refractivity contribution is 0.225. The fourth-order valence-corrected chi connectivity index (χ4v) is 4.11. The van der Waals surface area contributed by atoms with Crippen LogP contribution in [0.1, 0.15) is 35.0 Å². The molecule has 1 saturated carbocycles. The van der Waals surface area contributed by atoms with Crippen molar-refractivity contribution in [1.29, 1.82) is 5.26 Å². The Morgan fingerprint density at radius 1 is 1.29 bits per heavy atom. The van der Waals surface area contributed by atoms with Gasteiger partial charge in [0.1, 0.15) is 5.82 Å². The Balaban J connectivity index is 1.60. The number of amides is 2. The lowest BCUT2D eigenvalue weighted by atomic mass is 9.86. The first kappa shape index (κ1) is 20.6. The maximum Gasteiger partial charge on any atom is 0.320 e. The van der Waals surface area contributed by atoms with Crippen LogP contribution in [0.15, 0.2) is 53.9 Å². The smallest absolute Gasteiger partial charge is 0.320 e. The molecule has 4 rings (SSSR count). The normalized spacial score (nSPS) is 14.7. The Labute approximate surface area is 184 Å². The van der Waals surface area contributed by atoms with Gasteiger partial charge in [-0.3, -0.25) is 5.32 Å². The van der Waals surface area contributed by atoms with Crippen LogP contribution in [-0.4, -0.2) is 22.7 Å². The van der Waals surface area contributed by atoms with Gasteiger partial charge in [-0.25, -0.2) is 9.78 Å². The van der Waals surface area contributed by atoms with Crippen molar-refractivity contribution < 1.29 is 9.90 Å². The molecule has 1 aliphatic carbocycles. The van der Waals surface area contributed by atoms with Gasteiger partial charge in [0.15, 0.2) is 5.01 Å². The third-order valence-electron chi connectivity index (χ3n) is 5.37. The Morgan fingerprint density at radius 3 is 2.68 bits per heavy atom. The molecule has 3 aromatic rings. The largest absolute Gasteiger partial charge is 0.394 e. The predicted molar refractivity (Wildman–Crippen MR) is 120 cm³/mol. The Kier molecular flexibility index (Phi) is 5.73. The van der Waals surface area contributed by atoms with E-state index < -0.39 is 17.5 Å². The Hall–Kier alpha value is -3.65. The van der Waals surface area contributed by atoms with Gasteiger partial charge in [-0.05, 0) is 41.0 Å². The molecule has 2 aromatic carbocycles. The van der Waals surface area contributed by atoms with E-state index in [1.54, 1.807) is 5.38 Å². The maximum atomic E-state index is 12.4. The minimum absolute atomic E-state index is 0.288. The van der Waals surface area contributed by atoms with E-state index in [4.69, 9.17) is 6.42 Å². The topological polar surface area (TPSA) is 98.0 Å². The summed E-state index contributed by atoms with van der Waals surface area (Å²) in [5.74, 6) is 2.77. The number of thiazole rings is 1. The highest BCUT2D eigenvalue weighted by Gasteiger charge is 2.46. The van der Waals surface area contributed by atoms with Crippen LogP contribution < -0.4 is 10.6 Å². The molecule has 0 spiro atoms. The summed E-state index contributed by atoms with van der Waals surface area (Å²) >= 11 is 1.26. The maximum absolute atomic E-state index is 12.4. The third-order valence-corrected chi connectivity index (χ3v) is 6.14. The molecule has 0 bridgehead atoms. The lowest BCUT2D eigenvalue weighted by Crippen LogP contribution is -2.34. The molecule has 0 aliphatic heterocycles. The van der Waals surface area contributed by atoms with Crippen molar-refractivity contribution in [1.82, 2.24) is 10.3 Å². The van der Waals surface area contributed by atoms with Crippen molar-refractivity contribution in [2.75, 3.05) is 11.9 Å². The van der Waals surface area contributed by atoms with Gasteiger partial charge in [-0.15, -0.1) is 17.8 Å². The summed E-state index contributed by atoms with van der Waals surface area (Å²) in [5.41, 5.74) is 3.17. The monoisotopic (exact) mass is 428 g/mol. The second kappa shape index (κ2) is 8.61. The van der Waals surface area contributed by atoms with Gasteiger partial charge >= 0.3 is 6.03 Å². The molecule has 0 radical (unpaired) electrons. The minimum atomic E-state index is -0.635. The van der Waals surface area contributed by atoms with Crippen molar-refractivity contribution in [2.45, 2.75) is 24.3 Å². The molecule has 7 heteroatoms. The Morgan fingerprint density at radius 2 is 2.06 bits per heavy atom. The summed E-state index contributed by atoms with van der Waals surface area (Å²) in [6.45, 7) is -0.288. The van der Waals surface area contributed by atoms with Crippen LogP contribution in [0.25, 0.3) is 11.1 Å². The first-order chi connectivity index (χ1) is 15.1. The number of aliphatic hydroxyl groups is 1. The lowest BCUT2D eigenvalue weighted by Gasteiger charge is -2.21. The summed E-state index contributed by atoms with van der Waals surface area (Å²) in [4.78, 5) is 16.5. The van der Waals surface area contributed by atoms with Crippen LogP contribution in [0, 0.1) is 23.7 Å². The number of carbonyl (C=O) groups is 1. The van der Waals surface area contributed by atoms with E-state index in [2.05, 4.69) is 27.6 Å². The van der Waals surface area contributed by atoms with Crippen LogP contribution in [0.2, 0.25) is 0 Å². The Bertz CT molecular complexity index is 1190. The molecule has 0 saturated heterocycles. The van der Waals surface area contributed by atoms with Gasteiger partial charge in [0, 0.05) is 5.38 Å². The fourth-order valence-electron chi connectivity index (χ4n) is 3.55. The molecule has 31 heavy (non-hydrogen) atoms. The number of nitrogens with one attached hydrogen (secondary N) is 2. The minimum Gasteiger partial charge on any atom is -0.394 e. The van der Waals surface area contributed by atoms with E-state index in [0.29, 0.717) is 10.8 Å². The summed E-state index contributed by atoms with van der Waals surface area (Å²) in [6, 6.07) is 17.0. The van der Waals surface area contributed by atoms with Gasteiger partial charge in [0.25, 0.3) is 0 Å². The summed E-state index contributed by atoms with van der Waals surface area (Å²) in [7, 11) is 0. The number of urea groups is 1. The molecule has 1 aromatic heterocycles. The summed E-state index contributed by atoms with van der Waals surface area (Å²) in [6.07, 6.45) is 6.90. The van der Waals surface area contributed by atoms with E-state index in [1.165, 1.54) is 11.3 Å². The molecule has 6 nitrogen and oxygen atoms in total. The van der Waals surface area contributed by atoms with Gasteiger partial charge in [0.2, 0.25) is 0 Å². The molecule has 1 aliphatic rings. The number of hydrogen-bond donors (Lipinski definition) is 3. The highest BCUT2D eigenvalue weighted by atomic mass is 32.1. The molecule has 154 valence electrons. The van der Waals surface area contributed by atoms with Crippen molar-refractivity contribution in [3.8, 4) is 29.5 Å². The van der Waals surface area contributed by atoms with Crippen LogP contribution in [0.4, 0.5) is 10.6 Å². The number of hydrogen-bond acceptors (Lipinski definition) is 5. The summed E-state index contributed by atoms with van der Waals surface area (Å²) in [5, 5.41) is 27.3. The number of aliphatic hydroxyl groups excluding tert-OH is 1. The average Bonchev–Trinajstić information content (AvgIpc) is 3.49. The standard InChI is InChI=1S/C24H20N4O2S/c1-2-22-27-21(14-31-22)28-23(30)26-20(13-29)17-8-9-18(16-6-4-3-5-7-16)19(12-17)24(15-25)10-11-24/h1,3-9,12,14,20,29H,10-11,13H2,(H2,26,28,30). The number of nitrogens with zero attached hydrogens (tertiary/aromatic N) is 2. The van der Waals surface area contributed by atoms with Crippen LogP contribution in [0.3, 0.4) is 0 Å². The average molecular weight is 429 g/mol. The second-order valence-corrected chi connectivity index (χ2v) is 8.24. The van der Waals surface area contributed by atoms with Gasteiger partial charge in [-0.1, -0.05) is 48.5 Å². The SMILES string of the molecule is C#Cc1nc(NC(=O)NC(CO)c2ccc(-c3ccccc3)c(C3(C#N)CC3)c2)cs1. The van der Waals surface area contributed by atoms with Crippen molar-refractivity contribution in [2.24, 2.45) is 0 Å².